The highest BCUT2D eigenvalue weighted by Crippen LogP contribution is 2.29. The second kappa shape index (κ2) is 6.22. The number of carbonyl (C=O) groups is 1. The van der Waals surface area contributed by atoms with E-state index >= 15 is 0 Å². The third kappa shape index (κ3) is 3.24. The van der Waals surface area contributed by atoms with Gasteiger partial charge in [0.2, 0.25) is 5.91 Å². The number of hydrogen-bond donors (Lipinski definition) is 1. The summed E-state index contributed by atoms with van der Waals surface area (Å²) < 4.78 is 10.9. The minimum atomic E-state index is -0.0429. The molecule has 1 heterocycles. The number of carbonyl (C=O) groups excluding carboxylic acids is 1. The van der Waals surface area contributed by atoms with Crippen LogP contribution in [0.1, 0.15) is 31.7 Å². The van der Waals surface area contributed by atoms with E-state index in [0.29, 0.717) is 25.2 Å². The highest BCUT2D eigenvalue weighted by Gasteiger charge is 2.15. The van der Waals surface area contributed by atoms with Gasteiger partial charge in [0.15, 0.2) is 11.5 Å². The minimum absolute atomic E-state index is 0.0429. The van der Waals surface area contributed by atoms with E-state index < -0.39 is 0 Å². The summed E-state index contributed by atoms with van der Waals surface area (Å²) in [5, 5.41) is 4.07. The van der Waals surface area contributed by atoms with E-state index in [9.17, 15) is 4.79 Å². The molecule has 0 spiro atoms. The Morgan fingerprint density at radius 1 is 1.32 bits per heavy atom. The molecule has 1 aromatic rings. The highest BCUT2D eigenvalue weighted by molar-refractivity contribution is 6.04. The van der Waals surface area contributed by atoms with Crippen molar-refractivity contribution in [3.63, 3.8) is 0 Å². The first kappa shape index (κ1) is 13.4. The van der Waals surface area contributed by atoms with Crippen LogP contribution in [0.4, 0.5) is 0 Å². The molecule has 1 N–H and O–H groups in total. The Bertz CT molecular complexity index is 497. The number of hydrazone groups is 1. The Labute approximate surface area is 112 Å². The predicted octanol–water partition coefficient (Wildman–Crippen LogP) is 2.10. The SMILES string of the molecule is CCCOc1ccc(C2=NNC(=O)CC2)cc1OC. The lowest BCUT2D eigenvalue weighted by molar-refractivity contribution is -0.121. The monoisotopic (exact) mass is 262 g/mol. The Hall–Kier alpha value is -2.04. The first-order chi connectivity index (χ1) is 9.24. The number of rotatable bonds is 5. The van der Waals surface area contributed by atoms with Crippen molar-refractivity contribution in [2.75, 3.05) is 13.7 Å². The van der Waals surface area contributed by atoms with Gasteiger partial charge in [-0.2, -0.15) is 5.10 Å². The van der Waals surface area contributed by atoms with Crippen LogP contribution in [0, 0.1) is 0 Å². The summed E-state index contributed by atoms with van der Waals surface area (Å²) >= 11 is 0. The standard InChI is InChI=1S/C14H18N2O3/c1-3-8-19-12-6-4-10(9-13(12)18-2)11-5-7-14(17)16-15-11/h4,6,9H,3,5,7-8H2,1-2H3,(H,16,17). The number of nitrogens with zero attached hydrogens (tertiary/aromatic N) is 1. The van der Waals surface area contributed by atoms with Crippen molar-refractivity contribution in [2.24, 2.45) is 5.10 Å². The molecule has 102 valence electrons. The fourth-order valence-corrected chi connectivity index (χ4v) is 1.86. The van der Waals surface area contributed by atoms with E-state index in [4.69, 9.17) is 9.47 Å². The third-order valence-electron chi connectivity index (χ3n) is 2.86. The van der Waals surface area contributed by atoms with Crippen LogP contribution in [0.15, 0.2) is 23.3 Å². The molecule has 0 aliphatic carbocycles. The molecule has 1 aromatic carbocycles. The Morgan fingerprint density at radius 2 is 2.16 bits per heavy atom. The summed E-state index contributed by atoms with van der Waals surface area (Å²) in [6.07, 6.45) is 2.06. The number of nitrogens with one attached hydrogen (secondary N) is 1. The van der Waals surface area contributed by atoms with Crippen LogP contribution in [0.25, 0.3) is 0 Å². The van der Waals surface area contributed by atoms with Gasteiger partial charge >= 0.3 is 0 Å². The van der Waals surface area contributed by atoms with E-state index in [-0.39, 0.29) is 5.91 Å². The largest absolute Gasteiger partial charge is 0.493 e. The summed E-state index contributed by atoms with van der Waals surface area (Å²) in [5.41, 5.74) is 4.30. The van der Waals surface area contributed by atoms with Crippen LogP contribution in [-0.4, -0.2) is 25.3 Å². The fraction of sp³-hybridized carbons (Fsp3) is 0.429. The van der Waals surface area contributed by atoms with E-state index in [1.54, 1.807) is 7.11 Å². The molecule has 0 unspecified atom stereocenters. The molecule has 5 nitrogen and oxygen atoms in total. The van der Waals surface area contributed by atoms with Crippen LogP contribution in [0.5, 0.6) is 11.5 Å². The summed E-state index contributed by atoms with van der Waals surface area (Å²) in [4.78, 5) is 11.1. The van der Waals surface area contributed by atoms with Crippen molar-refractivity contribution < 1.29 is 14.3 Å². The summed E-state index contributed by atoms with van der Waals surface area (Å²) in [5.74, 6) is 1.37. The topological polar surface area (TPSA) is 59.9 Å². The lowest BCUT2D eigenvalue weighted by atomic mass is 10.0. The molecule has 0 radical (unpaired) electrons. The molecular weight excluding hydrogens is 244 g/mol. The highest BCUT2D eigenvalue weighted by atomic mass is 16.5. The molecule has 19 heavy (non-hydrogen) atoms. The van der Waals surface area contributed by atoms with Crippen molar-refractivity contribution >= 4 is 11.6 Å². The number of benzene rings is 1. The molecule has 1 aliphatic rings. The number of amides is 1. The van der Waals surface area contributed by atoms with Crippen LogP contribution in [0.2, 0.25) is 0 Å². The van der Waals surface area contributed by atoms with Crippen molar-refractivity contribution in [1.29, 1.82) is 0 Å². The van der Waals surface area contributed by atoms with Gasteiger partial charge in [0.05, 0.1) is 19.4 Å². The molecule has 1 amide bonds. The first-order valence-corrected chi connectivity index (χ1v) is 6.41. The van der Waals surface area contributed by atoms with E-state index in [0.717, 1.165) is 23.4 Å². The Balaban J connectivity index is 2.21. The smallest absolute Gasteiger partial charge is 0.240 e. The maximum atomic E-state index is 11.1. The van der Waals surface area contributed by atoms with Gasteiger partial charge in [-0.15, -0.1) is 0 Å². The average Bonchev–Trinajstić information content (AvgIpc) is 2.46. The Morgan fingerprint density at radius 3 is 2.79 bits per heavy atom. The van der Waals surface area contributed by atoms with Gasteiger partial charge in [-0.3, -0.25) is 4.79 Å². The van der Waals surface area contributed by atoms with Gasteiger partial charge in [0.1, 0.15) is 0 Å². The summed E-state index contributed by atoms with van der Waals surface area (Å²) in [6, 6.07) is 5.70. The maximum absolute atomic E-state index is 11.1. The molecule has 2 rings (SSSR count). The van der Waals surface area contributed by atoms with Crippen molar-refractivity contribution in [3.05, 3.63) is 23.8 Å². The predicted molar refractivity (Wildman–Crippen MR) is 72.7 cm³/mol. The van der Waals surface area contributed by atoms with Crippen molar-refractivity contribution in [3.8, 4) is 11.5 Å². The molecule has 0 fully saturated rings. The lowest BCUT2D eigenvalue weighted by Crippen LogP contribution is -2.25. The van der Waals surface area contributed by atoms with Gasteiger partial charge in [-0.1, -0.05) is 6.92 Å². The zero-order valence-corrected chi connectivity index (χ0v) is 11.2. The van der Waals surface area contributed by atoms with Crippen molar-refractivity contribution in [2.45, 2.75) is 26.2 Å². The van der Waals surface area contributed by atoms with Crippen LogP contribution in [0.3, 0.4) is 0 Å². The van der Waals surface area contributed by atoms with Crippen LogP contribution >= 0.6 is 0 Å². The van der Waals surface area contributed by atoms with Crippen LogP contribution in [-0.2, 0) is 4.79 Å². The second-order valence-corrected chi connectivity index (χ2v) is 4.31. The zero-order valence-electron chi connectivity index (χ0n) is 11.2. The van der Waals surface area contributed by atoms with Gasteiger partial charge in [0, 0.05) is 18.4 Å². The second-order valence-electron chi connectivity index (χ2n) is 4.31. The van der Waals surface area contributed by atoms with E-state index in [1.807, 2.05) is 18.2 Å². The fourth-order valence-electron chi connectivity index (χ4n) is 1.86. The Kier molecular flexibility index (Phi) is 4.39. The molecular formula is C14H18N2O3. The third-order valence-corrected chi connectivity index (χ3v) is 2.86. The number of methoxy groups -OCH3 is 1. The molecule has 0 bridgehead atoms. The van der Waals surface area contributed by atoms with E-state index in [2.05, 4.69) is 17.5 Å². The first-order valence-electron chi connectivity index (χ1n) is 6.41. The minimum Gasteiger partial charge on any atom is -0.493 e. The molecule has 0 aromatic heterocycles. The maximum Gasteiger partial charge on any atom is 0.240 e. The van der Waals surface area contributed by atoms with E-state index in [1.165, 1.54) is 0 Å². The van der Waals surface area contributed by atoms with Gasteiger partial charge in [-0.05, 0) is 24.6 Å². The number of ether oxygens (including phenoxy) is 2. The number of hydrogen-bond acceptors (Lipinski definition) is 4. The van der Waals surface area contributed by atoms with Crippen LogP contribution < -0.4 is 14.9 Å². The normalized spacial score (nSPS) is 14.6. The zero-order chi connectivity index (χ0) is 13.7. The summed E-state index contributed by atoms with van der Waals surface area (Å²) in [6.45, 7) is 2.72. The average molecular weight is 262 g/mol. The van der Waals surface area contributed by atoms with Crippen molar-refractivity contribution in [1.82, 2.24) is 5.43 Å². The quantitative estimate of drug-likeness (QED) is 0.884. The molecule has 0 saturated carbocycles. The van der Waals surface area contributed by atoms with Gasteiger partial charge in [-0.25, -0.2) is 5.43 Å². The van der Waals surface area contributed by atoms with Gasteiger partial charge in [0.25, 0.3) is 0 Å². The molecule has 0 atom stereocenters. The molecule has 1 aliphatic heterocycles. The summed E-state index contributed by atoms with van der Waals surface area (Å²) in [7, 11) is 1.61. The molecule has 0 saturated heterocycles. The molecule has 5 heteroatoms. The van der Waals surface area contributed by atoms with Gasteiger partial charge < -0.3 is 9.47 Å². The lowest BCUT2D eigenvalue weighted by Gasteiger charge is -2.15.